The van der Waals surface area contributed by atoms with E-state index < -0.39 is 0 Å². The molecule has 2 rings (SSSR count). The molecule has 0 amide bonds. The lowest BCUT2D eigenvalue weighted by molar-refractivity contribution is -0.921. The molecule has 0 atom stereocenters. The molecule has 4 nitrogen and oxygen atoms in total. The molecule has 0 aromatic heterocycles. The van der Waals surface area contributed by atoms with Gasteiger partial charge in [0, 0.05) is 11.1 Å². The molecule has 0 saturated carbocycles. The summed E-state index contributed by atoms with van der Waals surface area (Å²) in [7, 11) is 0. The smallest absolute Gasteiger partial charge is 0.159 e. The molecule has 1 aromatic carbocycles. The molecule has 0 aliphatic carbocycles. The summed E-state index contributed by atoms with van der Waals surface area (Å²) in [6.07, 6.45) is 2.17. The summed E-state index contributed by atoms with van der Waals surface area (Å²) in [5, 5.41) is 0. The maximum Gasteiger partial charge on any atom is 0.159 e. The van der Waals surface area contributed by atoms with E-state index >= 15 is 0 Å². The molecule has 1 fully saturated rings. The van der Waals surface area contributed by atoms with E-state index in [1.54, 1.807) is 6.92 Å². The molecule has 1 aliphatic rings. The normalized spacial score (nSPS) is 15.9. The predicted molar refractivity (Wildman–Crippen MR) is 82.1 cm³/mol. The highest BCUT2D eigenvalue weighted by Crippen LogP contribution is 2.20. The van der Waals surface area contributed by atoms with Gasteiger partial charge in [0.15, 0.2) is 5.78 Å². The summed E-state index contributed by atoms with van der Waals surface area (Å²) in [5.41, 5.74) is 1.90. The molecule has 21 heavy (non-hydrogen) atoms. The topological polar surface area (TPSA) is 40.0 Å². The number of hydrogen-bond acceptors (Lipinski definition) is 3. The molecular weight excluding hydrogens is 266 g/mol. The van der Waals surface area contributed by atoms with Crippen LogP contribution in [-0.4, -0.2) is 38.7 Å². The van der Waals surface area contributed by atoms with Crippen LogP contribution in [-0.2, 0) is 11.3 Å². The molecule has 0 bridgehead atoms. The van der Waals surface area contributed by atoms with Crippen molar-refractivity contribution in [2.45, 2.75) is 33.2 Å². The Labute approximate surface area is 127 Å². The quantitative estimate of drug-likeness (QED) is 0.611. The third kappa shape index (κ3) is 4.83. The van der Waals surface area contributed by atoms with E-state index in [0.717, 1.165) is 69.2 Å². The second kappa shape index (κ2) is 8.15. The van der Waals surface area contributed by atoms with Gasteiger partial charge < -0.3 is 14.4 Å². The third-order valence-electron chi connectivity index (χ3n) is 3.86. The highest BCUT2D eigenvalue weighted by Gasteiger charge is 2.17. The van der Waals surface area contributed by atoms with E-state index in [9.17, 15) is 4.79 Å². The van der Waals surface area contributed by atoms with Crippen molar-refractivity contribution in [2.24, 2.45) is 0 Å². The molecule has 0 unspecified atom stereocenters. The van der Waals surface area contributed by atoms with Gasteiger partial charge in [-0.2, -0.15) is 0 Å². The van der Waals surface area contributed by atoms with Crippen molar-refractivity contribution in [2.75, 3.05) is 32.9 Å². The number of rotatable bonds is 7. The van der Waals surface area contributed by atoms with Gasteiger partial charge in [0.1, 0.15) is 25.4 Å². The second-order valence-corrected chi connectivity index (χ2v) is 5.62. The van der Waals surface area contributed by atoms with Crippen molar-refractivity contribution in [3.8, 4) is 5.75 Å². The number of unbranched alkanes of at least 4 members (excludes halogenated alkanes) is 1. The van der Waals surface area contributed by atoms with E-state index in [2.05, 4.69) is 6.92 Å². The van der Waals surface area contributed by atoms with Crippen molar-refractivity contribution in [1.29, 1.82) is 0 Å². The van der Waals surface area contributed by atoms with Crippen LogP contribution in [0.3, 0.4) is 0 Å². The monoisotopic (exact) mass is 292 g/mol. The fourth-order valence-electron chi connectivity index (χ4n) is 2.51. The maximum absolute atomic E-state index is 11.6. The standard InChI is InChI=1S/C17H25NO3/c1-3-4-9-21-17-6-5-15(14(2)19)12-16(17)13-18-7-10-20-11-8-18/h5-6,12H,3-4,7-11,13H2,1-2H3/p+1. The molecule has 1 saturated heterocycles. The molecule has 0 radical (unpaired) electrons. The first kappa shape index (κ1) is 16.0. The van der Waals surface area contributed by atoms with Crippen LogP contribution in [0.1, 0.15) is 42.6 Å². The SMILES string of the molecule is CCCCOc1ccc(C(C)=O)cc1C[NH+]1CCOCC1. The van der Waals surface area contributed by atoms with Gasteiger partial charge in [-0.25, -0.2) is 0 Å². The van der Waals surface area contributed by atoms with Crippen LogP contribution in [0.2, 0.25) is 0 Å². The minimum Gasteiger partial charge on any atom is -0.493 e. The molecular formula is C17H26NO3+. The summed E-state index contributed by atoms with van der Waals surface area (Å²) in [6, 6.07) is 5.80. The number of ether oxygens (including phenoxy) is 2. The van der Waals surface area contributed by atoms with Crippen LogP contribution in [0, 0.1) is 0 Å². The predicted octanol–water partition coefficient (Wildman–Crippen LogP) is 1.48. The number of Topliss-reactive ketones (excluding diaryl/α,β-unsaturated/α-hetero) is 1. The van der Waals surface area contributed by atoms with Gasteiger partial charge in [0.2, 0.25) is 0 Å². The Bertz CT molecular complexity index is 467. The number of ketones is 1. The Balaban J connectivity index is 2.12. The van der Waals surface area contributed by atoms with Crippen LogP contribution in [0.5, 0.6) is 5.75 Å². The van der Waals surface area contributed by atoms with Crippen LogP contribution in [0.25, 0.3) is 0 Å². The minimum absolute atomic E-state index is 0.105. The zero-order valence-electron chi connectivity index (χ0n) is 13.1. The van der Waals surface area contributed by atoms with Gasteiger partial charge in [-0.1, -0.05) is 13.3 Å². The fourth-order valence-corrected chi connectivity index (χ4v) is 2.51. The molecule has 1 N–H and O–H groups in total. The second-order valence-electron chi connectivity index (χ2n) is 5.62. The number of carbonyl (C=O) groups is 1. The van der Waals surface area contributed by atoms with Crippen molar-refractivity contribution in [3.63, 3.8) is 0 Å². The van der Waals surface area contributed by atoms with E-state index in [-0.39, 0.29) is 5.78 Å². The zero-order chi connectivity index (χ0) is 15.1. The third-order valence-corrected chi connectivity index (χ3v) is 3.86. The van der Waals surface area contributed by atoms with Gasteiger partial charge in [-0.05, 0) is 31.5 Å². The first-order chi connectivity index (χ1) is 10.2. The van der Waals surface area contributed by atoms with Gasteiger partial charge in [0.25, 0.3) is 0 Å². The van der Waals surface area contributed by atoms with Crippen molar-refractivity contribution in [1.82, 2.24) is 0 Å². The number of benzene rings is 1. The molecule has 1 aliphatic heterocycles. The van der Waals surface area contributed by atoms with E-state index in [1.807, 2.05) is 18.2 Å². The lowest BCUT2D eigenvalue weighted by Crippen LogP contribution is -3.12. The molecule has 1 heterocycles. The van der Waals surface area contributed by atoms with Crippen LogP contribution >= 0.6 is 0 Å². The minimum atomic E-state index is 0.105. The zero-order valence-corrected chi connectivity index (χ0v) is 13.1. The first-order valence-corrected chi connectivity index (χ1v) is 7.88. The largest absolute Gasteiger partial charge is 0.493 e. The van der Waals surface area contributed by atoms with Gasteiger partial charge in [0.05, 0.1) is 19.8 Å². The lowest BCUT2D eigenvalue weighted by atomic mass is 10.1. The van der Waals surface area contributed by atoms with Gasteiger partial charge >= 0.3 is 0 Å². The summed E-state index contributed by atoms with van der Waals surface area (Å²) in [6.45, 7) is 9.05. The van der Waals surface area contributed by atoms with Gasteiger partial charge in [-0.3, -0.25) is 4.79 Å². The van der Waals surface area contributed by atoms with Crippen LogP contribution in [0.4, 0.5) is 0 Å². The Kier molecular flexibility index (Phi) is 6.21. The van der Waals surface area contributed by atoms with Crippen LogP contribution < -0.4 is 9.64 Å². The van der Waals surface area contributed by atoms with Crippen molar-refractivity contribution in [3.05, 3.63) is 29.3 Å². The van der Waals surface area contributed by atoms with Crippen LogP contribution in [0.15, 0.2) is 18.2 Å². The Morgan fingerprint density at radius 3 is 2.76 bits per heavy atom. The molecule has 4 heteroatoms. The van der Waals surface area contributed by atoms with Gasteiger partial charge in [-0.15, -0.1) is 0 Å². The van der Waals surface area contributed by atoms with E-state index in [0.29, 0.717) is 0 Å². The fraction of sp³-hybridized carbons (Fsp3) is 0.588. The average molecular weight is 292 g/mol. The Hall–Kier alpha value is -1.39. The van der Waals surface area contributed by atoms with Crippen molar-refractivity contribution >= 4 is 5.78 Å². The maximum atomic E-state index is 11.6. The number of hydrogen-bond donors (Lipinski definition) is 1. The lowest BCUT2D eigenvalue weighted by Gasteiger charge is -2.24. The molecule has 116 valence electrons. The highest BCUT2D eigenvalue weighted by molar-refractivity contribution is 5.94. The number of morpholine rings is 1. The first-order valence-electron chi connectivity index (χ1n) is 7.88. The number of carbonyl (C=O) groups excluding carboxylic acids is 1. The Morgan fingerprint density at radius 2 is 2.10 bits per heavy atom. The van der Waals surface area contributed by atoms with E-state index in [1.165, 1.54) is 4.90 Å². The van der Waals surface area contributed by atoms with Crippen molar-refractivity contribution < 1.29 is 19.2 Å². The average Bonchev–Trinajstić information content (AvgIpc) is 2.50. The number of nitrogens with one attached hydrogen (secondary N) is 1. The molecule has 0 spiro atoms. The Morgan fingerprint density at radius 1 is 1.33 bits per heavy atom. The molecule has 1 aromatic rings. The summed E-state index contributed by atoms with van der Waals surface area (Å²) < 4.78 is 11.3. The summed E-state index contributed by atoms with van der Waals surface area (Å²) in [5.74, 6) is 1.03. The summed E-state index contributed by atoms with van der Waals surface area (Å²) >= 11 is 0. The summed E-state index contributed by atoms with van der Waals surface area (Å²) in [4.78, 5) is 13.1. The number of quaternary nitrogens is 1. The van der Waals surface area contributed by atoms with E-state index in [4.69, 9.17) is 9.47 Å². The highest BCUT2D eigenvalue weighted by atomic mass is 16.5.